The Kier molecular flexibility index (Phi) is 9.08. The lowest BCUT2D eigenvalue weighted by atomic mass is 9.93. The molecule has 2 aromatic carbocycles. The van der Waals surface area contributed by atoms with Gasteiger partial charge in [-0.1, -0.05) is 44.2 Å². The molecule has 2 aliphatic heterocycles. The molecule has 2 aliphatic rings. The number of likely N-dealkylation sites (tertiary alicyclic amines) is 1. The topological polar surface area (TPSA) is 79.6 Å². The Hall–Kier alpha value is -4.45. The van der Waals surface area contributed by atoms with E-state index in [-0.39, 0.29) is 23.9 Å². The molecule has 0 spiro atoms. The van der Waals surface area contributed by atoms with Crippen molar-refractivity contribution in [2.45, 2.75) is 77.3 Å². The molecule has 0 radical (unpaired) electrons. The number of nitrogens with one attached hydrogen (secondary N) is 2. The van der Waals surface area contributed by atoms with Gasteiger partial charge in [0.1, 0.15) is 12.2 Å². The van der Waals surface area contributed by atoms with E-state index in [4.69, 9.17) is 5.10 Å². The molecule has 258 valence electrons. The highest BCUT2D eigenvalue weighted by Crippen LogP contribution is 2.42. The maximum absolute atomic E-state index is 14.7. The van der Waals surface area contributed by atoms with Gasteiger partial charge in [0.25, 0.3) is 0 Å². The van der Waals surface area contributed by atoms with Crippen molar-refractivity contribution in [1.29, 1.82) is 0 Å². The van der Waals surface area contributed by atoms with Crippen molar-refractivity contribution in [2.24, 2.45) is 5.92 Å². The third-order valence-corrected chi connectivity index (χ3v) is 10.3. The first-order valence-corrected chi connectivity index (χ1v) is 17.1. The fraction of sp³-hybridized carbons (Fsp3) is 0.432. The van der Waals surface area contributed by atoms with Crippen molar-refractivity contribution in [3.05, 3.63) is 95.6 Å². The number of fused-ring (bicyclic) bond motifs is 2. The molecule has 12 heteroatoms. The normalized spacial score (nSPS) is 17.9. The number of alkyl halides is 4. The Bertz CT molecular complexity index is 1910. The standard InChI is InChI=1S/C37H42F4N8/c1-4-25-11-16-47(17-12-25)15-5-6-26-7-9-27(10-8-26)29-19-31(37(39,40)41)30-21-49(46-33(30)23(29)2)35(24(3)45-36-42-13-14-43-36)34-32-18-28(38)20-48(32)22-44-34/h7-10,13-14,19,21-22,25,28,35H,3-6,11-12,15-18,20H2,1-2H3,(H2,42,43,45)/t28-,35?/m1/s1. The van der Waals surface area contributed by atoms with Crippen molar-refractivity contribution in [1.82, 2.24) is 34.2 Å². The molecular weight excluding hydrogens is 632 g/mol. The highest BCUT2D eigenvalue weighted by atomic mass is 19.4. The molecule has 2 N–H and O–H groups in total. The van der Waals surface area contributed by atoms with Crippen LogP contribution in [-0.4, -0.2) is 60.0 Å². The Labute approximate surface area is 283 Å². The van der Waals surface area contributed by atoms with Crippen LogP contribution in [-0.2, 0) is 25.6 Å². The van der Waals surface area contributed by atoms with Crippen LogP contribution < -0.4 is 5.32 Å². The summed E-state index contributed by atoms with van der Waals surface area (Å²) in [6.07, 6.45) is 6.38. The summed E-state index contributed by atoms with van der Waals surface area (Å²) in [5.74, 6) is 1.26. The number of aromatic nitrogens is 6. The highest BCUT2D eigenvalue weighted by Gasteiger charge is 2.37. The van der Waals surface area contributed by atoms with Gasteiger partial charge in [0, 0.05) is 41.8 Å². The van der Waals surface area contributed by atoms with Crippen LogP contribution in [0.4, 0.5) is 23.5 Å². The minimum Gasteiger partial charge on any atom is -0.331 e. The molecule has 2 atom stereocenters. The minimum atomic E-state index is -4.63. The van der Waals surface area contributed by atoms with Gasteiger partial charge >= 0.3 is 6.18 Å². The van der Waals surface area contributed by atoms with Gasteiger partial charge in [-0.25, -0.2) is 14.4 Å². The Morgan fingerprint density at radius 3 is 2.61 bits per heavy atom. The van der Waals surface area contributed by atoms with Gasteiger partial charge in [0.05, 0.1) is 29.6 Å². The molecule has 0 amide bonds. The lowest BCUT2D eigenvalue weighted by Gasteiger charge is -2.31. The molecule has 0 saturated carbocycles. The first kappa shape index (κ1) is 33.1. The summed E-state index contributed by atoms with van der Waals surface area (Å²) in [4.78, 5) is 14.3. The van der Waals surface area contributed by atoms with E-state index < -0.39 is 24.0 Å². The molecule has 1 fully saturated rings. The fourth-order valence-corrected chi connectivity index (χ4v) is 7.49. The SMILES string of the molecule is C=C(Nc1ncc[nH]1)C(c1ncn2c1C[C@@H](F)C2)n1cc2c(C(F)(F)F)cc(-c3ccc(CCCN4CCC(CC)CC4)cc3)c(C)c2n1. The van der Waals surface area contributed by atoms with Crippen LogP contribution in [0.1, 0.15) is 66.7 Å². The Balaban J connectivity index is 1.20. The monoisotopic (exact) mass is 674 g/mol. The van der Waals surface area contributed by atoms with Gasteiger partial charge in [0.15, 0.2) is 0 Å². The van der Waals surface area contributed by atoms with Crippen LogP contribution in [0.25, 0.3) is 22.0 Å². The van der Waals surface area contributed by atoms with Crippen LogP contribution in [0.3, 0.4) is 0 Å². The number of rotatable bonds is 11. The molecule has 49 heavy (non-hydrogen) atoms. The number of hydrogen-bond acceptors (Lipinski definition) is 5. The smallest absolute Gasteiger partial charge is 0.331 e. The number of nitrogens with zero attached hydrogens (tertiary/aromatic N) is 6. The number of imidazole rings is 2. The second-order valence-electron chi connectivity index (χ2n) is 13.5. The van der Waals surface area contributed by atoms with Gasteiger partial charge < -0.3 is 19.8 Å². The van der Waals surface area contributed by atoms with Crippen LogP contribution in [0.2, 0.25) is 0 Å². The average molecular weight is 675 g/mol. The second kappa shape index (κ2) is 13.5. The van der Waals surface area contributed by atoms with Gasteiger partial charge in [-0.05, 0) is 86.5 Å². The number of halogens is 4. The summed E-state index contributed by atoms with van der Waals surface area (Å²) in [6, 6.07) is 8.25. The van der Waals surface area contributed by atoms with E-state index in [0.717, 1.165) is 38.4 Å². The third-order valence-electron chi connectivity index (χ3n) is 10.3. The zero-order valence-electron chi connectivity index (χ0n) is 27.9. The number of allylic oxidation sites excluding steroid dienone is 1. The summed E-state index contributed by atoms with van der Waals surface area (Å²) in [5, 5.41) is 7.85. The van der Waals surface area contributed by atoms with E-state index in [1.807, 2.05) is 24.3 Å². The summed E-state index contributed by atoms with van der Waals surface area (Å²) in [7, 11) is 0. The number of aromatic amines is 1. The highest BCUT2D eigenvalue weighted by molar-refractivity contribution is 5.92. The lowest BCUT2D eigenvalue weighted by Crippen LogP contribution is -2.34. The van der Waals surface area contributed by atoms with Crippen LogP contribution in [0, 0.1) is 12.8 Å². The maximum Gasteiger partial charge on any atom is 0.417 e. The molecule has 5 heterocycles. The molecule has 5 aromatic rings. The van der Waals surface area contributed by atoms with Gasteiger partial charge in [-0.15, -0.1) is 0 Å². The lowest BCUT2D eigenvalue weighted by molar-refractivity contribution is -0.136. The molecule has 8 nitrogen and oxygen atoms in total. The van der Waals surface area contributed by atoms with Crippen molar-refractivity contribution >= 4 is 16.9 Å². The zero-order valence-corrected chi connectivity index (χ0v) is 27.9. The van der Waals surface area contributed by atoms with E-state index in [1.54, 1.807) is 30.2 Å². The number of aryl methyl sites for hydroxylation is 2. The van der Waals surface area contributed by atoms with Crippen LogP contribution >= 0.6 is 0 Å². The fourth-order valence-electron chi connectivity index (χ4n) is 7.49. The summed E-state index contributed by atoms with van der Waals surface area (Å²) in [6.45, 7) is 11.8. The molecule has 1 saturated heterocycles. The zero-order chi connectivity index (χ0) is 34.3. The molecule has 1 unspecified atom stereocenters. The number of piperidine rings is 1. The summed E-state index contributed by atoms with van der Waals surface area (Å²) in [5.41, 5.74) is 3.95. The predicted molar refractivity (Wildman–Crippen MR) is 183 cm³/mol. The van der Waals surface area contributed by atoms with E-state index in [0.29, 0.717) is 39.7 Å². The maximum atomic E-state index is 14.7. The number of benzene rings is 2. The number of H-pyrrole nitrogens is 1. The molecule has 0 aliphatic carbocycles. The predicted octanol–water partition coefficient (Wildman–Crippen LogP) is 8.11. The van der Waals surface area contributed by atoms with E-state index in [2.05, 4.69) is 38.7 Å². The first-order chi connectivity index (χ1) is 23.6. The Morgan fingerprint density at radius 2 is 1.92 bits per heavy atom. The van der Waals surface area contributed by atoms with E-state index >= 15 is 0 Å². The van der Waals surface area contributed by atoms with Gasteiger partial charge in [0.2, 0.25) is 5.95 Å². The molecule has 0 bridgehead atoms. The molecule has 3 aromatic heterocycles. The van der Waals surface area contributed by atoms with Crippen molar-refractivity contribution in [2.75, 3.05) is 25.0 Å². The van der Waals surface area contributed by atoms with Crippen molar-refractivity contribution in [3.8, 4) is 11.1 Å². The minimum absolute atomic E-state index is 0.0247. The first-order valence-electron chi connectivity index (χ1n) is 17.1. The largest absolute Gasteiger partial charge is 0.417 e. The number of hydrogen-bond donors (Lipinski definition) is 2. The van der Waals surface area contributed by atoms with Gasteiger partial charge in [-0.2, -0.15) is 18.3 Å². The average Bonchev–Trinajstić information content (AvgIpc) is 3.89. The Morgan fingerprint density at radius 1 is 1.14 bits per heavy atom. The summed E-state index contributed by atoms with van der Waals surface area (Å²) >= 11 is 0. The van der Waals surface area contributed by atoms with Crippen LogP contribution in [0.5, 0.6) is 0 Å². The summed E-state index contributed by atoms with van der Waals surface area (Å²) < 4.78 is 61.8. The van der Waals surface area contributed by atoms with Crippen LogP contribution in [0.15, 0.2) is 67.5 Å². The molecular formula is C37H42F4N8. The van der Waals surface area contributed by atoms with E-state index in [1.165, 1.54) is 41.8 Å². The second-order valence-corrected chi connectivity index (χ2v) is 13.5. The van der Waals surface area contributed by atoms with Gasteiger partial charge in [-0.3, -0.25) is 4.68 Å². The third kappa shape index (κ3) is 6.75. The van der Waals surface area contributed by atoms with E-state index in [9.17, 15) is 17.6 Å². The molecule has 7 rings (SSSR count). The van der Waals surface area contributed by atoms with Crippen molar-refractivity contribution in [3.63, 3.8) is 0 Å². The van der Waals surface area contributed by atoms with Crippen molar-refractivity contribution < 1.29 is 17.6 Å². The number of anilines is 1. The quantitative estimate of drug-likeness (QED) is 0.139.